The fraction of sp³-hybridized carbons (Fsp3) is 0.538. The van der Waals surface area contributed by atoms with Gasteiger partial charge in [0, 0.05) is 12.5 Å². The monoisotopic (exact) mass is 245 g/mol. The summed E-state index contributed by atoms with van der Waals surface area (Å²) in [5, 5.41) is 0. The maximum atomic E-state index is 12.1. The van der Waals surface area contributed by atoms with Crippen molar-refractivity contribution in [2.45, 2.75) is 38.4 Å². The third kappa shape index (κ3) is 5.73. The van der Waals surface area contributed by atoms with Gasteiger partial charge in [-0.2, -0.15) is 13.2 Å². The summed E-state index contributed by atoms with van der Waals surface area (Å²) < 4.78 is 36.2. The summed E-state index contributed by atoms with van der Waals surface area (Å²) in [5.74, 6) is 0.0553. The van der Waals surface area contributed by atoms with Crippen LogP contribution in [0.2, 0.25) is 0 Å². The van der Waals surface area contributed by atoms with Gasteiger partial charge in [-0.1, -0.05) is 37.3 Å². The van der Waals surface area contributed by atoms with Crippen LogP contribution in [0.25, 0.3) is 0 Å². The van der Waals surface area contributed by atoms with Crippen LogP contribution >= 0.6 is 0 Å². The van der Waals surface area contributed by atoms with Crippen molar-refractivity contribution in [2.24, 2.45) is 11.7 Å². The zero-order valence-electron chi connectivity index (χ0n) is 9.87. The highest BCUT2D eigenvalue weighted by Crippen LogP contribution is 2.24. The van der Waals surface area contributed by atoms with E-state index >= 15 is 0 Å². The summed E-state index contributed by atoms with van der Waals surface area (Å²) in [5.41, 5.74) is 6.89. The van der Waals surface area contributed by atoms with Crippen molar-refractivity contribution in [2.75, 3.05) is 0 Å². The lowest BCUT2D eigenvalue weighted by Gasteiger charge is -2.20. The molecule has 0 aliphatic rings. The van der Waals surface area contributed by atoms with Gasteiger partial charge in [0.2, 0.25) is 0 Å². The molecule has 2 N–H and O–H groups in total. The second-order valence-electron chi connectivity index (χ2n) is 4.48. The zero-order valence-corrected chi connectivity index (χ0v) is 9.87. The molecule has 0 aromatic heterocycles. The van der Waals surface area contributed by atoms with E-state index in [2.05, 4.69) is 0 Å². The number of rotatable bonds is 5. The predicted octanol–water partition coefficient (Wildman–Crippen LogP) is 3.54. The highest BCUT2D eigenvalue weighted by atomic mass is 19.4. The molecule has 0 saturated carbocycles. The van der Waals surface area contributed by atoms with Crippen LogP contribution in [0, 0.1) is 5.92 Å². The molecule has 1 aromatic carbocycles. The third-order valence-electron chi connectivity index (χ3n) is 2.89. The Morgan fingerprint density at radius 2 is 1.76 bits per heavy atom. The summed E-state index contributed by atoms with van der Waals surface area (Å²) in [7, 11) is 0. The van der Waals surface area contributed by atoms with E-state index in [0.717, 1.165) is 12.0 Å². The number of benzene rings is 1. The van der Waals surface area contributed by atoms with Crippen LogP contribution < -0.4 is 5.73 Å². The summed E-state index contributed by atoms with van der Waals surface area (Å²) in [6.45, 7) is 1.90. The number of hydrogen-bond acceptors (Lipinski definition) is 1. The van der Waals surface area contributed by atoms with Crippen LogP contribution in [0.5, 0.6) is 0 Å². The lowest BCUT2D eigenvalue weighted by molar-refractivity contribution is -0.136. The van der Waals surface area contributed by atoms with Gasteiger partial charge >= 0.3 is 6.18 Å². The zero-order chi connectivity index (χ0) is 12.9. The normalized spacial score (nSPS) is 15.6. The first-order valence-electron chi connectivity index (χ1n) is 5.75. The molecule has 1 nitrogen and oxygen atoms in total. The van der Waals surface area contributed by atoms with Crippen LogP contribution in [-0.2, 0) is 6.42 Å². The van der Waals surface area contributed by atoms with E-state index in [9.17, 15) is 13.2 Å². The number of nitrogens with two attached hydrogens (primary N) is 1. The number of alkyl halides is 3. The predicted molar refractivity (Wildman–Crippen MR) is 62.6 cm³/mol. The quantitative estimate of drug-likeness (QED) is 0.843. The Morgan fingerprint density at radius 1 is 1.18 bits per heavy atom. The topological polar surface area (TPSA) is 26.0 Å². The van der Waals surface area contributed by atoms with Gasteiger partial charge < -0.3 is 5.73 Å². The number of hydrogen-bond donors (Lipinski definition) is 1. The Kier molecular flexibility index (Phi) is 5.00. The molecule has 4 heteroatoms. The van der Waals surface area contributed by atoms with Gasteiger partial charge in [-0.05, 0) is 24.3 Å². The van der Waals surface area contributed by atoms with Gasteiger partial charge in [0.1, 0.15) is 0 Å². The van der Waals surface area contributed by atoms with Gasteiger partial charge in [0.25, 0.3) is 0 Å². The highest BCUT2D eigenvalue weighted by molar-refractivity contribution is 5.15. The van der Waals surface area contributed by atoms with Crippen LogP contribution in [0.3, 0.4) is 0 Å². The fourth-order valence-corrected chi connectivity index (χ4v) is 1.75. The molecule has 0 fully saturated rings. The first kappa shape index (κ1) is 14.0. The Labute approximate surface area is 99.8 Å². The first-order chi connectivity index (χ1) is 7.88. The fourth-order valence-electron chi connectivity index (χ4n) is 1.75. The van der Waals surface area contributed by atoms with Crippen LogP contribution in [0.15, 0.2) is 30.3 Å². The molecular weight excluding hydrogens is 227 g/mol. The standard InChI is InChI=1S/C13H18F3N/c1-10(9-11-5-3-2-4-6-11)12(17)7-8-13(14,15)16/h2-6,10,12H,7-9,17H2,1H3. The minimum atomic E-state index is -4.11. The van der Waals surface area contributed by atoms with E-state index in [1.54, 1.807) is 0 Å². The molecule has 0 amide bonds. The Bertz CT molecular complexity index is 321. The molecule has 17 heavy (non-hydrogen) atoms. The molecule has 0 aliphatic heterocycles. The van der Waals surface area contributed by atoms with Crippen molar-refractivity contribution in [3.05, 3.63) is 35.9 Å². The third-order valence-corrected chi connectivity index (χ3v) is 2.89. The largest absolute Gasteiger partial charge is 0.389 e. The van der Waals surface area contributed by atoms with Crippen molar-refractivity contribution in [3.8, 4) is 0 Å². The van der Waals surface area contributed by atoms with Crippen LogP contribution in [0.4, 0.5) is 13.2 Å². The van der Waals surface area contributed by atoms with Gasteiger partial charge in [0.05, 0.1) is 0 Å². The molecule has 2 atom stereocenters. The molecule has 0 spiro atoms. The molecule has 1 rings (SSSR count). The first-order valence-corrected chi connectivity index (χ1v) is 5.75. The second-order valence-corrected chi connectivity index (χ2v) is 4.48. The summed E-state index contributed by atoms with van der Waals surface area (Å²) >= 11 is 0. The maximum Gasteiger partial charge on any atom is 0.389 e. The SMILES string of the molecule is CC(Cc1ccccc1)C(N)CCC(F)(F)F. The Hall–Kier alpha value is -1.03. The second kappa shape index (κ2) is 6.05. The van der Waals surface area contributed by atoms with Crippen molar-refractivity contribution in [1.29, 1.82) is 0 Å². The van der Waals surface area contributed by atoms with Crippen molar-refractivity contribution in [1.82, 2.24) is 0 Å². The molecule has 2 unspecified atom stereocenters. The molecule has 0 bridgehead atoms. The molecule has 1 aromatic rings. The average molecular weight is 245 g/mol. The van der Waals surface area contributed by atoms with Gasteiger partial charge in [0.15, 0.2) is 0 Å². The van der Waals surface area contributed by atoms with Gasteiger partial charge in [-0.25, -0.2) is 0 Å². The molecule has 0 heterocycles. The minimum Gasteiger partial charge on any atom is -0.327 e. The van der Waals surface area contributed by atoms with E-state index in [0.29, 0.717) is 0 Å². The van der Waals surface area contributed by atoms with Crippen LogP contribution in [-0.4, -0.2) is 12.2 Å². The molecular formula is C13H18F3N. The molecule has 0 radical (unpaired) electrons. The lowest BCUT2D eigenvalue weighted by Crippen LogP contribution is -2.31. The van der Waals surface area contributed by atoms with Crippen LogP contribution in [0.1, 0.15) is 25.3 Å². The summed E-state index contributed by atoms with van der Waals surface area (Å²) in [6.07, 6.45) is -4.19. The molecule has 0 saturated heterocycles. The van der Waals surface area contributed by atoms with E-state index in [-0.39, 0.29) is 12.3 Å². The molecule has 0 aliphatic carbocycles. The van der Waals surface area contributed by atoms with Gasteiger partial charge in [-0.3, -0.25) is 0 Å². The van der Waals surface area contributed by atoms with Crippen molar-refractivity contribution in [3.63, 3.8) is 0 Å². The van der Waals surface area contributed by atoms with E-state index in [1.807, 2.05) is 37.3 Å². The smallest absolute Gasteiger partial charge is 0.327 e. The van der Waals surface area contributed by atoms with E-state index in [1.165, 1.54) is 0 Å². The maximum absolute atomic E-state index is 12.1. The summed E-state index contributed by atoms with van der Waals surface area (Å²) in [4.78, 5) is 0. The summed E-state index contributed by atoms with van der Waals surface area (Å²) in [6, 6.07) is 9.28. The van der Waals surface area contributed by atoms with E-state index in [4.69, 9.17) is 5.73 Å². The highest BCUT2D eigenvalue weighted by Gasteiger charge is 2.28. The lowest BCUT2D eigenvalue weighted by atomic mass is 9.92. The Morgan fingerprint density at radius 3 is 2.29 bits per heavy atom. The molecule has 96 valence electrons. The van der Waals surface area contributed by atoms with Crippen molar-refractivity contribution >= 4 is 0 Å². The van der Waals surface area contributed by atoms with E-state index < -0.39 is 18.6 Å². The number of halogens is 3. The van der Waals surface area contributed by atoms with Crippen molar-refractivity contribution < 1.29 is 13.2 Å². The Balaban J connectivity index is 2.40. The minimum absolute atomic E-state index is 0.00248. The van der Waals surface area contributed by atoms with Gasteiger partial charge in [-0.15, -0.1) is 0 Å². The average Bonchev–Trinajstić information content (AvgIpc) is 2.26.